The predicted octanol–water partition coefficient (Wildman–Crippen LogP) is 5.58. The summed E-state index contributed by atoms with van der Waals surface area (Å²) in [7, 11) is 0. The van der Waals surface area contributed by atoms with E-state index in [4.69, 9.17) is 0 Å². The maximum absolute atomic E-state index is 12.5. The van der Waals surface area contributed by atoms with Crippen LogP contribution in [0.4, 0.5) is 0 Å². The van der Waals surface area contributed by atoms with Crippen LogP contribution >= 0.6 is 0 Å². The summed E-state index contributed by atoms with van der Waals surface area (Å²) in [6.07, 6.45) is 4.12. The third kappa shape index (κ3) is 3.89. The van der Waals surface area contributed by atoms with Gasteiger partial charge in [-0.2, -0.15) is 0 Å². The average Bonchev–Trinajstić information content (AvgIpc) is 2.82. The second kappa shape index (κ2) is 9.02. The molecule has 3 atom stereocenters. The number of aromatic nitrogens is 2. The van der Waals surface area contributed by atoms with E-state index in [-0.39, 0.29) is 11.8 Å². The minimum atomic E-state index is -1.13. The zero-order valence-corrected chi connectivity index (χ0v) is 17.1. The van der Waals surface area contributed by atoms with Gasteiger partial charge >= 0.3 is 0 Å². The second-order valence-corrected chi connectivity index (χ2v) is 7.54. The lowest BCUT2D eigenvalue weighted by molar-refractivity contribution is 0.00125. The standard InChI is InChI=1S/C27H26N2O/c1-2-27(30,25(21-13-5-3-6-14-21)23-17-9-11-19-28-23)26(22-15-7-4-8-16-22)24-18-10-12-20-29-24/h3-20,25-26,30H,2H2,1H3/t25-,26+,27?. The van der Waals surface area contributed by atoms with Gasteiger partial charge in [0.05, 0.1) is 28.8 Å². The third-order valence-corrected chi connectivity index (χ3v) is 5.80. The number of rotatable bonds is 7. The summed E-state index contributed by atoms with van der Waals surface area (Å²) < 4.78 is 0. The van der Waals surface area contributed by atoms with Crippen LogP contribution in [0.2, 0.25) is 0 Å². The van der Waals surface area contributed by atoms with Crippen molar-refractivity contribution >= 4 is 0 Å². The van der Waals surface area contributed by atoms with Crippen molar-refractivity contribution in [1.82, 2.24) is 9.97 Å². The van der Waals surface area contributed by atoms with Gasteiger partial charge in [0, 0.05) is 12.4 Å². The molecule has 0 aliphatic carbocycles. The minimum absolute atomic E-state index is 0.308. The first kappa shape index (κ1) is 20.0. The summed E-state index contributed by atoms with van der Waals surface area (Å²) in [6, 6.07) is 32.1. The largest absolute Gasteiger partial charge is 0.388 e. The molecule has 1 unspecified atom stereocenters. The quantitative estimate of drug-likeness (QED) is 0.445. The fourth-order valence-electron chi connectivity index (χ4n) is 4.39. The molecule has 0 aliphatic heterocycles. The van der Waals surface area contributed by atoms with E-state index in [0.29, 0.717) is 6.42 Å². The first-order chi connectivity index (χ1) is 14.7. The molecule has 3 nitrogen and oxygen atoms in total. The molecule has 3 heteroatoms. The van der Waals surface area contributed by atoms with Crippen LogP contribution < -0.4 is 0 Å². The maximum atomic E-state index is 12.5. The molecule has 0 spiro atoms. The maximum Gasteiger partial charge on any atom is 0.0892 e. The Labute approximate surface area is 178 Å². The molecule has 1 N–H and O–H groups in total. The Bertz CT molecular complexity index is 875. The lowest BCUT2D eigenvalue weighted by Crippen LogP contribution is -2.43. The number of hydrogen-bond donors (Lipinski definition) is 1. The number of aliphatic hydroxyl groups is 1. The molecular formula is C27H26N2O. The van der Waals surface area contributed by atoms with Gasteiger partial charge in [-0.25, -0.2) is 0 Å². The van der Waals surface area contributed by atoms with E-state index >= 15 is 0 Å². The van der Waals surface area contributed by atoms with E-state index in [1.54, 1.807) is 12.4 Å². The zero-order chi connectivity index (χ0) is 20.8. The average molecular weight is 395 g/mol. The van der Waals surface area contributed by atoms with Crippen LogP contribution in [0.15, 0.2) is 109 Å². The van der Waals surface area contributed by atoms with Crippen molar-refractivity contribution in [2.75, 3.05) is 0 Å². The number of hydrogen-bond acceptors (Lipinski definition) is 3. The topological polar surface area (TPSA) is 46.0 Å². The Kier molecular flexibility index (Phi) is 6.01. The fourth-order valence-corrected chi connectivity index (χ4v) is 4.39. The van der Waals surface area contributed by atoms with Crippen LogP contribution in [0.1, 0.15) is 47.7 Å². The number of nitrogens with zero attached hydrogens (tertiary/aromatic N) is 2. The van der Waals surface area contributed by atoms with Crippen LogP contribution in [0, 0.1) is 0 Å². The summed E-state index contributed by atoms with van der Waals surface area (Å²) >= 11 is 0. The molecule has 4 rings (SSSR count). The SMILES string of the molecule is CCC(O)([C@H](c1ccccc1)c1ccccn1)[C@@H](c1ccccc1)c1ccccn1. The second-order valence-electron chi connectivity index (χ2n) is 7.54. The minimum Gasteiger partial charge on any atom is -0.388 e. The Balaban J connectivity index is 1.95. The van der Waals surface area contributed by atoms with Gasteiger partial charge in [-0.15, -0.1) is 0 Å². The van der Waals surface area contributed by atoms with Crippen molar-refractivity contribution < 1.29 is 5.11 Å². The van der Waals surface area contributed by atoms with Crippen molar-refractivity contribution in [3.63, 3.8) is 0 Å². The molecule has 0 aliphatic rings. The van der Waals surface area contributed by atoms with E-state index in [0.717, 1.165) is 22.5 Å². The van der Waals surface area contributed by atoms with Crippen molar-refractivity contribution in [2.45, 2.75) is 30.8 Å². The molecule has 2 heterocycles. The van der Waals surface area contributed by atoms with Crippen molar-refractivity contribution in [2.24, 2.45) is 0 Å². The van der Waals surface area contributed by atoms with Gasteiger partial charge in [0.25, 0.3) is 0 Å². The van der Waals surface area contributed by atoms with Gasteiger partial charge in [-0.1, -0.05) is 79.7 Å². The van der Waals surface area contributed by atoms with E-state index < -0.39 is 5.60 Å². The number of benzene rings is 2. The van der Waals surface area contributed by atoms with Crippen LogP contribution in [0.25, 0.3) is 0 Å². The van der Waals surface area contributed by atoms with Crippen molar-refractivity contribution in [3.8, 4) is 0 Å². The van der Waals surface area contributed by atoms with E-state index in [1.165, 1.54) is 0 Å². The molecule has 0 fully saturated rings. The Morgan fingerprint density at radius 3 is 1.37 bits per heavy atom. The molecule has 30 heavy (non-hydrogen) atoms. The lowest BCUT2D eigenvalue weighted by atomic mass is 9.67. The van der Waals surface area contributed by atoms with E-state index in [2.05, 4.69) is 34.2 Å². The molecule has 2 aromatic heterocycles. The first-order valence-corrected chi connectivity index (χ1v) is 10.4. The molecule has 0 bridgehead atoms. The van der Waals surface area contributed by atoms with Gasteiger partial charge in [-0.3, -0.25) is 9.97 Å². The van der Waals surface area contributed by atoms with Crippen LogP contribution in [0.5, 0.6) is 0 Å². The summed E-state index contributed by atoms with van der Waals surface area (Å²) in [5, 5.41) is 12.5. The molecule has 2 aromatic carbocycles. The third-order valence-electron chi connectivity index (χ3n) is 5.80. The van der Waals surface area contributed by atoms with Crippen molar-refractivity contribution in [3.05, 3.63) is 132 Å². The van der Waals surface area contributed by atoms with Crippen LogP contribution in [-0.4, -0.2) is 20.7 Å². The lowest BCUT2D eigenvalue weighted by Gasteiger charge is -2.42. The molecule has 0 radical (unpaired) electrons. The summed E-state index contributed by atoms with van der Waals surface area (Å²) in [4.78, 5) is 9.32. The molecule has 4 aromatic rings. The zero-order valence-electron chi connectivity index (χ0n) is 17.1. The predicted molar refractivity (Wildman–Crippen MR) is 120 cm³/mol. The first-order valence-electron chi connectivity index (χ1n) is 10.4. The Morgan fingerprint density at radius 1 is 0.633 bits per heavy atom. The van der Waals surface area contributed by atoms with Crippen LogP contribution in [-0.2, 0) is 0 Å². The molecular weight excluding hydrogens is 368 g/mol. The highest BCUT2D eigenvalue weighted by Crippen LogP contribution is 2.47. The Hall–Kier alpha value is -3.30. The highest BCUT2D eigenvalue weighted by molar-refractivity contribution is 5.40. The van der Waals surface area contributed by atoms with E-state index in [9.17, 15) is 5.11 Å². The molecule has 0 saturated heterocycles. The van der Waals surface area contributed by atoms with Gasteiger partial charge < -0.3 is 5.11 Å². The fraction of sp³-hybridized carbons (Fsp3) is 0.185. The highest BCUT2D eigenvalue weighted by atomic mass is 16.3. The Morgan fingerprint density at radius 2 is 1.03 bits per heavy atom. The van der Waals surface area contributed by atoms with Crippen molar-refractivity contribution in [1.29, 1.82) is 0 Å². The summed E-state index contributed by atoms with van der Waals surface area (Å²) in [5.41, 5.74) is 2.65. The smallest absolute Gasteiger partial charge is 0.0892 e. The molecule has 150 valence electrons. The molecule has 0 saturated carbocycles. The number of pyridine rings is 2. The highest BCUT2D eigenvalue weighted by Gasteiger charge is 2.46. The normalized spacial score (nSPS) is 15.1. The van der Waals surface area contributed by atoms with Gasteiger partial charge in [0.15, 0.2) is 0 Å². The summed E-state index contributed by atoms with van der Waals surface area (Å²) in [6.45, 7) is 2.04. The van der Waals surface area contributed by atoms with Gasteiger partial charge in [0.2, 0.25) is 0 Å². The van der Waals surface area contributed by atoms with Crippen LogP contribution in [0.3, 0.4) is 0 Å². The molecule has 0 amide bonds. The summed E-state index contributed by atoms with van der Waals surface area (Å²) in [5.74, 6) is -0.616. The van der Waals surface area contributed by atoms with Gasteiger partial charge in [0.1, 0.15) is 0 Å². The van der Waals surface area contributed by atoms with Gasteiger partial charge in [-0.05, 0) is 41.8 Å². The van der Waals surface area contributed by atoms with E-state index in [1.807, 2.05) is 79.7 Å². The monoisotopic (exact) mass is 394 g/mol.